The standard InChI is InChI=1S/C27H26N2O3/c1-16(2)19-9-11-22(12-10-19)29-24(21-6-5-13-28-15-21)23(26(31)27(29)32)25(30)20-8-7-17(3)18(4)14-20/h5-16,24,30H,1-4H3/b25-23-. The SMILES string of the molecule is Cc1ccc(/C(O)=C2/C(=O)C(=O)N(c3ccc(C(C)C)cc3)C2c2cccnc2)cc1C. The maximum Gasteiger partial charge on any atom is 0.300 e. The minimum Gasteiger partial charge on any atom is -0.507 e. The van der Waals surface area contributed by atoms with Gasteiger partial charge in [-0.05, 0) is 66.3 Å². The second-order valence-electron chi connectivity index (χ2n) is 8.50. The summed E-state index contributed by atoms with van der Waals surface area (Å²) in [6.07, 6.45) is 3.26. The van der Waals surface area contributed by atoms with E-state index in [2.05, 4.69) is 18.8 Å². The predicted molar refractivity (Wildman–Crippen MR) is 125 cm³/mol. The minimum atomic E-state index is -0.768. The fourth-order valence-electron chi connectivity index (χ4n) is 4.02. The summed E-state index contributed by atoms with van der Waals surface area (Å²) < 4.78 is 0. The summed E-state index contributed by atoms with van der Waals surface area (Å²) >= 11 is 0. The zero-order chi connectivity index (χ0) is 23.0. The van der Waals surface area contributed by atoms with Crippen LogP contribution >= 0.6 is 0 Å². The number of aliphatic hydroxyl groups is 1. The molecule has 0 aliphatic carbocycles. The topological polar surface area (TPSA) is 70.5 Å². The van der Waals surface area contributed by atoms with E-state index in [9.17, 15) is 14.7 Å². The second kappa shape index (κ2) is 8.42. The Morgan fingerprint density at radius 1 is 1.00 bits per heavy atom. The van der Waals surface area contributed by atoms with E-state index >= 15 is 0 Å². The van der Waals surface area contributed by atoms with Gasteiger partial charge < -0.3 is 5.11 Å². The number of aliphatic hydroxyl groups excluding tert-OH is 1. The molecule has 1 N–H and O–H groups in total. The Hall–Kier alpha value is -3.73. The van der Waals surface area contributed by atoms with E-state index in [1.54, 1.807) is 24.5 Å². The monoisotopic (exact) mass is 426 g/mol. The van der Waals surface area contributed by atoms with Crippen molar-refractivity contribution >= 4 is 23.1 Å². The summed E-state index contributed by atoms with van der Waals surface area (Å²) in [5.41, 5.74) is 5.05. The van der Waals surface area contributed by atoms with Crippen LogP contribution in [0, 0.1) is 13.8 Å². The van der Waals surface area contributed by atoms with Gasteiger partial charge in [0.2, 0.25) is 0 Å². The van der Waals surface area contributed by atoms with Gasteiger partial charge in [-0.15, -0.1) is 0 Å². The third kappa shape index (κ3) is 3.71. The number of aromatic nitrogens is 1. The molecule has 2 aromatic carbocycles. The van der Waals surface area contributed by atoms with Crippen LogP contribution in [0.25, 0.3) is 5.76 Å². The van der Waals surface area contributed by atoms with Gasteiger partial charge in [-0.2, -0.15) is 0 Å². The van der Waals surface area contributed by atoms with Crippen molar-refractivity contribution in [2.45, 2.75) is 39.7 Å². The molecule has 2 heterocycles. The molecular formula is C27H26N2O3. The van der Waals surface area contributed by atoms with Crippen molar-refractivity contribution in [3.05, 3.63) is 100 Å². The van der Waals surface area contributed by atoms with Gasteiger partial charge in [0.1, 0.15) is 5.76 Å². The number of Topliss-reactive ketones (excluding diaryl/α,β-unsaturated/α-hetero) is 1. The Bertz CT molecular complexity index is 1210. The lowest BCUT2D eigenvalue weighted by molar-refractivity contribution is -0.132. The highest BCUT2D eigenvalue weighted by Crippen LogP contribution is 2.42. The Balaban J connectivity index is 1.90. The first-order valence-electron chi connectivity index (χ1n) is 10.7. The van der Waals surface area contributed by atoms with Gasteiger partial charge in [-0.1, -0.05) is 44.2 Å². The van der Waals surface area contributed by atoms with Gasteiger partial charge in [0.15, 0.2) is 0 Å². The number of aryl methyl sites for hydroxylation is 2. The summed E-state index contributed by atoms with van der Waals surface area (Å²) in [6, 6.07) is 15.9. The van der Waals surface area contributed by atoms with Gasteiger partial charge in [0.25, 0.3) is 11.7 Å². The fourth-order valence-corrected chi connectivity index (χ4v) is 4.02. The summed E-state index contributed by atoms with van der Waals surface area (Å²) in [6.45, 7) is 8.12. The average molecular weight is 427 g/mol. The molecule has 1 saturated heterocycles. The summed E-state index contributed by atoms with van der Waals surface area (Å²) in [4.78, 5) is 32.0. The van der Waals surface area contributed by atoms with Crippen LogP contribution in [0.2, 0.25) is 0 Å². The first kappa shape index (κ1) is 21.5. The van der Waals surface area contributed by atoms with Gasteiger partial charge in [-0.3, -0.25) is 19.5 Å². The van der Waals surface area contributed by atoms with Crippen molar-refractivity contribution in [1.29, 1.82) is 0 Å². The number of rotatable bonds is 4. The molecule has 162 valence electrons. The third-order valence-corrected chi connectivity index (χ3v) is 6.06. The number of hydrogen-bond donors (Lipinski definition) is 1. The Kier molecular flexibility index (Phi) is 5.66. The van der Waals surface area contributed by atoms with Crippen molar-refractivity contribution in [1.82, 2.24) is 4.98 Å². The highest BCUT2D eigenvalue weighted by atomic mass is 16.3. The third-order valence-electron chi connectivity index (χ3n) is 6.06. The van der Waals surface area contributed by atoms with Crippen molar-refractivity contribution in [3.8, 4) is 0 Å². The molecule has 5 heteroatoms. The van der Waals surface area contributed by atoms with Crippen LogP contribution in [0.3, 0.4) is 0 Å². The number of ketones is 1. The van der Waals surface area contributed by atoms with Crippen LogP contribution in [-0.4, -0.2) is 21.8 Å². The molecule has 1 aromatic heterocycles. The number of hydrogen-bond acceptors (Lipinski definition) is 4. The zero-order valence-electron chi connectivity index (χ0n) is 18.7. The number of anilines is 1. The van der Waals surface area contributed by atoms with Crippen LogP contribution in [-0.2, 0) is 9.59 Å². The molecule has 1 aliphatic rings. The molecule has 1 fully saturated rings. The van der Waals surface area contributed by atoms with E-state index in [0.717, 1.165) is 16.7 Å². The number of carbonyl (C=O) groups excluding carboxylic acids is 2. The molecule has 32 heavy (non-hydrogen) atoms. The first-order chi connectivity index (χ1) is 15.3. The number of benzene rings is 2. The van der Waals surface area contributed by atoms with Crippen LogP contribution in [0.1, 0.15) is 53.6 Å². The van der Waals surface area contributed by atoms with E-state index < -0.39 is 17.7 Å². The predicted octanol–water partition coefficient (Wildman–Crippen LogP) is 5.45. The minimum absolute atomic E-state index is 0.0687. The van der Waals surface area contributed by atoms with Gasteiger partial charge in [-0.25, -0.2) is 0 Å². The molecular weight excluding hydrogens is 400 g/mol. The molecule has 1 atom stereocenters. The molecule has 1 amide bonds. The van der Waals surface area contributed by atoms with E-state index in [4.69, 9.17) is 0 Å². The Labute approximate surface area is 188 Å². The number of pyridine rings is 1. The number of nitrogens with zero attached hydrogens (tertiary/aromatic N) is 2. The lowest BCUT2D eigenvalue weighted by Crippen LogP contribution is -2.29. The summed E-state index contributed by atoms with van der Waals surface area (Å²) in [5.74, 6) is -1.20. The van der Waals surface area contributed by atoms with Crippen LogP contribution in [0.4, 0.5) is 5.69 Å². The van der Waals surface area contributed by atoms with Crippen molar-refractivity contribution < 1.29 is 14.7 Å². The smallest absolute Gasteiger partial charge is 0.300 e. The highest BCUT2D eigenvalue weighted by molar-refractivity contribution is 6.51. The highest BCUT2D eigenvalue weighted by Gasteiger charge is 2.47. The molecule has 0 spiro atoms. The maximum absolute atomic E-state index is 13.2. The maximum atomic E-state index is 13.2. The number of amides is 1. The van der Waals surface area contributed by atoms with E-state index in [0.29, 0.717) is 22.7 Å². The molecule has 1 unspecified atom stereocenters. The fraction of sp³-hybridized carbons (Fsp3) is 0.222. The Morgan fingerprint density at radius 2 is 1.72 bits per heavy atom. The summed E-state index contributed by atoms with van der Waals surface area (Å²) in [5, 5.41) is 11.2. The molecule has 3 aromatic rings. The second-order valence-corrected chi connectivity index (χ2v) is 8.50. The van der Waals surface area contributed by atoms with Crippen LogP contribution < -0.4 is 4.90 Å². The molecule has 0 bridgehead atoms. The van der Waals surface area contributed by atoms with Gasteiger partial charge in [0, 0.05) is 23.6 Å². The number of carbonyl (C=O) groups is 2. The van der Waals surface area contributed by atoms with E-state index in [-0.39, 0.29) is 11.3 Å². The first-order valence-corrected chi connectivity index (χ1v) is 10.7. The normalized spacial score (nSPS) is 17.9. The quantitative estimate of drug-likeness (QED) is 0.342. The average Bonchev–Trinajstić information content (AvgIpc) is 3.06. The van der Waals surface area contributed by atoms with Crippen molar-refractivity contribution in [2.24, 2.45) is 0 Å². The molecule has 0 saturated carbocycles. The van der Waals surface area contributed by atoms with E-state index in [1.807, 2.05) is 56.3 Å². The zero-order valence-corrected chi connectivity index (χ0v) is 18.7. The lowest BCUT2D eigenvalue weighted by Gasteiger charge is -2.25. The lowest BCUT2D eigenvalue weighted by atomic mass is 9.95. The molecule has 5 nitrogen and oxygen atoms in total. The van der Waals surface area contributed by atoms with Gasteiger partial charge >= 0.3 is 0 Å². The molecule has 0 radical (unpaired) electrons. The van der Waals surface area contributed by atoms with Crippen molar-refractivity contribution in [2.75, 3.05) is 4.90 Å². The van der Waals surface area contributed by atoms with Crippen molar-refractivity contribution in [3.63, 3.8) is 0 Å². The van der Waals surface area contributed by atoms with Gasteiger partial charge in [0.05, 0.1) is 11.6 Å². The van der Waals surface area contributed by atoms with E-state index in [1.165, 1.54) is 4.90 Å². The molecule has 1 aliphatic heterocycles. The van der Waals surface area contributed by atoms with Crippen LogP contribution in [0.15, 0.2) is 72.6 Å². The van der Waals surface area contributed by atoms with Crippen LogP contribution in [0.5, 0.6) is 0 Å². The molecule has 4 rings (SSSR count). The Morgan fingerprint density at radius 3 is 2.31 bits per heavy atom. The largest absolute Gasteiger partial charge is 0.507 e. The summed E-state index contributed by atoms with van der Waals surface area (Å²) in [7, 11) is 0.